The van der Waals surface area contributed by atoms with Crippen LogP contribution in [0.4, 0.5) is 11.4 Å². The molecular weight excluding hydrogens is 336 g/mol. The molecule has 0 atom stereocenters. The van der Waals surface area contributed by atoms with Gasteiger partial charge in [0.1, 0.15) is 0 Å². The summed E-state index contributed by atoms with van der Waals surface area (Å²) in [6.45, 7) is 0. The van der Waals surface area contributed by atoms with Crippen LogP contribution in [0.5, 0.6) is 0 Å². The molecule has 0 aliphatic carbocycles. The van der Waals surface area contributed by atoms with Gasteiger partial charge in [-0.1, -0.05) is 0 Å². The number of benzene rings is 2. The van der Waals surface area contributed by atoms with Gasteiger partial charge in [0, 0.05) is 24.1 Å². The number of hydrogen-bond acceptors (Lipinski definition) is 5. The molecule has 1 aliphatic heterocycles. The Morgan fingerprint density at radius 1 is 0.885 bits per heavy atom. The van der Waals surface area contributed by atoms with Gasteiger partial charge in [0.25, 0.3) is 5.91 Å². The number of amides is 3. The first kappa shape index (κ1) is 17.3. The largest absolute Gasteiger partial charge is 0.465 e. The molecule has 1 N–H and O–H groups in total. The Morgan fingerprint density at radius 3 is 1.96 bits per heavy atom. The predicted octanol–water partition coefficient (Wildman–Crippen LogP) is 2.38. The Bertz CT molecular complexity index is 856. The second-order valence-electron chi connectivity index (χ2n) is 5.69. The fourth-order valence-corrected chi connectivity index (χ4v) is 2.64. The third-order valence-corrected chi connectivity index (χ3v) is 4.00. The quantitative estimate of drug-likeness (QED) is 0.674. The minimum atomic E-state index is -0.454. The molecule has 1 saturated heterocycles. The summed E-state index contributed by atoms with van der Waals surface area (Å²) in [7, 11) is 1.30. The molecule has 26 heavy (non-hydrogen) atoms. The number of nitrogens with zero attached hydrogens (tertiary/aromatic N) is 1. The van der Waals surface area contributed by atoms with Gasteiger partial charge in [-0.05, 0) is 48.5 Å². The topological polar surface area (TPSA) is 92.8 Å². The zero-order chi connectivity index (χ0) is 18.7. The third kappa shape index (κ3) is 3.46. The van der Waals surface area contributed by atoms with Gasteiger partial charge in [-0.25, -0.2) is 4.79 Å². The van der Waals surface area contributed by atoms with E-state index in [0.717, 1.165) is 4.90 Å². The van der Waals surface area contributed by atoms with E-state index in [4.69, 9.17) is 0 Å². The molecule has 0 aromatic heterocycles. The molecular formula is C19H16N2O5. The molecule has 2 aromatic carbocycles. The Balaban J connectivity index is 1.69. The molecule has 0 unspecified atom stereocenters. The number of hydrogen-bond donors (Lipinski definition) is 1. The summed E-state index contributed by atoms with van der Waals surface area (Å²) in [5, 5.41) is 2.71. The van der Waals surface area contributed by atoms with Gasteiger partial charge >= 0.3 is 5.97 Å². The Morgan fingerprint density at radius 2 is 1.42 bits per heavy atom. The molecule has 0 saturated carbocycles. The molecule has 0 spiro atoms. The van der Waals surface area contributed by atoms with Crippen LogP contribution >= 0.6 is 0 Å². The van der Waals surface area contributed by atoms with Gasteiger partial charge in [-0.15, -0.1) is 0 Å². The summed E-state index contributed by atoms with van der Waals surface area (Å²) in [4.78, 5) is 48.3. The molecule has 1 fully saturated rings. The zero-order valence-corrected chi connectivity index (χ0v) is 14.0. The van der Waals surface area contributed by atoms with Gasteiger partial charge in [0.15, 0.2) is 0 Å². The first-order valence-corrected chi connectivity index (χ1v) is 7.95. The number of carbonyl (C=O) groups is 4. The smallest absolute Gasteiger partial charge is 0.337 e. The van der Waals surface area contributed by atoms with Crippen LogP contribution < -0.4 is 10.2 Å². The molecule has 132 valence electrons. The van der Waals surface area contributed by atoms with Crippen LogP contribution in [-0.2, 0) is 14.3 Å². The van der Waals surface area contributed by atoms with Crippen molar-refractivity contribution in [2.75, 3.05) is 17.3 Å². The first-order chi connectivity index (χ1) is 12.5. The molecule has 0 radical (unpaired) electrons. The van der Waals surface area contributed by atoms with Gasteiger partial charge in [0.05, 0.1) is 18.4 Å². The Labute approximate surface area is 149 Å². The lowest BCUT2D eigenvalue weighted by Gasteiger charge is -2.14. The van der Waals surface area contributed by atoms with Crippen LogP contribution in [0, 0.1) is 0 Å². The number of esters is 1. The fourth-order valence-electron chi connectivity index (χ4n) is 2.64. The lowest BCUT2D eigenvalue weighted by atomic mass is 10.1. The van der Waals surface area contributed by atoms with E-state index in [9.17, 15) is 19.2 Å². The molecule has 1 aliphatic rings. The number of carbonyl (C=O) groups excluding carboxylic acids is 4. The van der Waals surface area contributed by atoms with E-state index in [0.29, 0.717) is 22.5 Å². The van der Waals surface area contributed by atoms with Crippen molar-refractivity contribution < 1.29 is 23.9 Å². The number of nitrogens with one attached hydrogen (secondary N) is 1. The summed E-state index contributed by atoms with van der Waals surface area (Å²) in [5.41, 5.74) is 1.74. The minimum Gasteiger partial charge on any atom is -0.465 e. The predicted molar refractivity (Wildman–Crippen MR) is 93.9 cm³/mol. The molecule has 7 nitrogen and oxygen atoms in total. The highest BCUT2D eigenvalue weighted by atomic mass is 16.5. The molecule has 7 heteroatoms. The lowest BCUT2D eigenvalue weighted by Crippen LogP contribution is -2.28. The van der Waals surface area contributed by atoms with Crippen LogP contribution in [0.3, 0.4) is 0 Å². The summed E-state index contributed by atoms with van der Waals surface area (Å²) in [6, 6.07) is 12.5. The van der Waals surface area contributed by atoms with Crippen LogP contribution in [0.1, 0.15) is 33.6 Å². The molecule has 3 amide bonds. The van der Waals surface area contributed by atoms with Crippen LogP contribution in [0.25, 0.3) is 0 Å². The van der Waals surface area contributed by atoms with Crippen molar-refractivity contribution in [1.82, 2.24) is 0 Å². The number of ether oxygens (including phenoxy) is 1. The van der Waals surface area contributed by atoms with Crippen LogP contribution in [0.15, 0.2) is 48.5 Å². The summed E-state index contributed by atoms with van der Waals surface area (Å²) in [6.07, 6.45) is 0.422. The average molecular weight is 352 g/mol. The van der Waals surface area contributed by atoms with Gasteiger partial charge in [0.2, 0.25) is 11.8 Å². The van der Waals surface area contributed by atoms with Crippen molar-refractivity contribution in [3.05, 3.63) is 59.7 Å². The highest BCUT2D eigenvalue weighted by Crippen LogP contribution is 2.23. The van der Waals surface area contributed by atoms with Crippen molar-refractivity contribution in [2.45, 2.75) is 12.8 Å². The summed E-state index contributed by atoms with van der Waals surface area (Å²) < 4.78 is 4.62. The maximum atomic E-state index is 12.3. The van der Waals surface area contributed by atoms with E-state index in [1.54, 1.807) is 48.5 Å². The van der Waals surface area contributed by atoms with Gasteiger partial charge < -0.3 is 10.1 Å². The summed E-state index contributed by atoms with van der Waals surface area (Å²) >= 11 is 0. The van der Waals surface area contributed by atoms with Crippen LogP contribution in [0.2, 0.25) is 0 Å². The zero-order valence-electron chi connectivity index (χ0n) is 14.0. The van der Waals surface area contributed by atoms with Gasteiger partial charge in [-0.2, -0.15) is 0 Å². The monoisotopic (exact) mass is 352 g/mol. The van der Waals surface area contributed by atoms with E-state index < -0.39 is 5.97 Å². The van der Waals surface area contributed by atoms with E-state index in [2.05, 4.69) is 10.1 Å². The van der Waals surface area contributed by atoms with Gasteiger partial charge in [-0.3, -0.25) is 19.3 Å². The third-order valence-electron chi connectivity index (χ3n) is 4.00. The number of methoxy groups -OCH3 is 1. The second-order valence-corrected chi connectivity index (χ2v) is 5.69. The Hall–Kier alpha value is -3.48. The Kier molecular flexibility index (Phi) is 4.79. The highest BCUT2D eigenvalue weighted by molar-refractivity contribution is 6.20. The lowest BCUT2D eigenvalue weighted by molar-refractivity contribution is -0.121. The van der Waals surface area contributed by atoms with Crippen molar-refractivity contribution in [3.63, 3.8) is 0 Å². The average Bonchev–Trinajstić information content (AvgIpc) is 3.00. The molecule has 2 aromatic rings. The van der Waals surface area contributed by atoms with Crippen molar-refractivity contribution in [1.29, 1.82) is 0 Å². The normalized spacial score (nSPS) is 13.7. The standard InChI is InChI=1S/C19H16N2O5/c1-26-19(25)13-2-6-14(7-3-13)20-18(24)12-4-8-15(9-5-12)21-16(22)10-11-17(21)23/h2-9H,10-11H2,1H3,(H,20,24). The van der Waals surface area contributed by atoms with Crippen molar-refractivity contribution >= 4 is 35.1 Å². The number of rotatable bonds is 4. The van der Waals surface area contributed by atoms with Crippen molar-refractivity contribution in [2.24, 2.45) is 0 Å². The first-order valence-electron chi connectivity index (χ1n) is 7.95. The van der Waals surface area contributed by atoms with E-state index in [1.165, 1.54) is 7.11 Å². The van der Waals surface area contributed by atoms with E-state index in [-0.39, 0.29) is 30.6 Å². The second kappa shape index (κ2) is 7.18. The molecule has 0 bridgehead atoms. The highest BCUT2D eigenvalue weighted by Gasteiger charge is 2.30. The maximum Gasteiger partial charge on any atom is 0.337 e. The van der Waals surface area contributed by atoms with Crippen molar-refractivity contribution in [3.8, 4) is 0 Å². The van der Waals surface area contributed by atoms with Crippen LogP contribution in [-0.4, -0.2) is 30.8 Å². The fraction of sp³-hybridized carbons (Fsp3) is 0.158. The molecule has 1 heterocycles. The number of anilines is 2. The minimum absolute atomic E-state index is 0.211. The summed E-state index contributed by atoms with van der Waals surface area (Å²) in [5.74, 6) is -1.28. The SMILES string of the molecule is COC(=O)c1ccc(NC(=O)c2ccc(N3C(=O)CCC3=O)cc2)cc1. The maximum absolute atomic E-state index is 12.3. The van der Waals surface area contributed by atoms with E-state index >= 15 is 0 Å². The van der Waals surface area contributed by atoms with E-state index in [1.807, 2.05) is 0 Å². The molecule has 3 rings (SSSR count). The number of imide groups is 1.